The lowest BCUT2D eigenvalue weighted by atomic mass is 9.96. The molecule has 0 spiro atoms. The summed E-state index contributed by atoms with van der Waals surface area (Å²) in [5.74, 6) is -2.36. The van der Waals surface area contributed by atoms with E-state index in [0.29, 0.717) is 6.42 Å². The average molecular weight is 299 g/mol. The highest BCUT2D eigenvalue weighted by molar-refractivity contribution is 6.08. The standard InChI is InChI=1S/C13H21N3O5/c1-5-6-13(4,10(19)20)14-8(17)7-16-9(18)12(2,3)15-11(16)21/h5-7H2,1-4H3,(H,14,17)(H,15,21)(H,19,20). The molecule has 1 aliphatic rings. The molecule has 0 radical (unpaired) electrons. The summed E-state index contributed by atoms with van der Waals surface area (Å²) in [6, 6.07) is -0.660. The van der Waals surface area contributed by atoms with Crippen molar-refractivity contribution in [3.8, 4) is 0 Å². The predicted octanol–water partition coefficient (Wildman–Crippen LogP) is 0.0764. The highest BCUT2D eigenvalue weighted by Gasteiger charge is 2.45. The summed E-state index contributed by atoms with van der Waals surface area (Å²) in [6.07, 6.45) is 0.818. The van der Waals surface area contributed by atoms with Gasteiger partial charge >= 0.3 is 12.0 Å². The first-order valence-electron chi connectivity index (χ1n) is 6.72. The van der Waals surface area contributed by atoms with E-state index < -0.39 is 41.4 Å². The molecule has 8 heteroatoms. The minimum Gasteiger partial charge on any atom is -0.480 e. The molecule has 1 unspecified atom stereocenters. The second-order valence-electron chi connectivity index (χ2n) is 5.88. The molecule has 1 fully saturated rings. The number of nitrogens with one attached hydrogen (secondary N) is 2. The molecular weight excluding hydrogens is 278 g/mol. The molecule has 0 saturated carbocycles. The van der Waals surface area contributed by atoms with E-state index in [1.165, 1.54) is 20.8 Å². The maximum Gasteiger partial charge on any atom is 0.329 e. The summed E-state index contributed by atoms with van der Waals surface area (Å²) < 4.78 is 0. The molecule has 1 saturated heterocycles. The zero-order valence-corrected chi connectivity index (χ0v) is 12.6. The van der Waals surface area contributed by atoms with E-state index in [2.05, 4.69) is 10.6 Å². The van der Waals surface area contributed by atoms with Crippen molar-refractivity contribution in [2.75, 3.05) is 6.54 Å². The fourth-order valence-electron chi connectivity index (χ4n) is 2.18. The van der Waals surface area contributed by atoms with Crippen LogP contribution in [0.1, 0.15) is 40.5 Å². The minimum absolute atomic E-state index is 0.250. The Labute approximate surface area is 122 Å². The fraction of sp³-hybridized carbons (Fsp3) is 0.692. The van der Waals surface area contributed by atoms with Crippen LogP contribution in [0.5, 0.6) is 0 Å². The molecule has 1 atom stereocenters. The summed E-state index contributed by atoms with van der Waals surface area (Å²) >= 11 is 0. The molecule has 4 amide bonds. The number of hydrogen-bond acceptors (Lipinski definition) is 4. The van der Waals surface area contributed by atoms with Crippen molar-refractivity contribution in [3.63, 3.8) is 0 Å². The third-order valence-electron chi connectivity index (χ3n) is 3.38. The van der Waals surface area contributed by atoms with Crippen molar-refractivity contribution in [3.05, 3.63) is 0 Å². The number of hydrogen-bond donors (Lipinski definition) is 3. The number of carboxylic acids is 1. The minimum atomic E-state index is -1.42. The Morgan fingerprint density at radius 2 is 1.95 bits per heavy atom. The fourth-order valence-corrected chi connectivity index (χ4v) is 2.18. The number of rotatable bonds is 6. The van der Waals surface area contributed by atoms with Gasteiger partial charge in [0, 0.05) is 0 Å². The highest BCUT2D eigenvalue weighted by Crippen LogP contribution is 2.17. The topological polar surface area (TPSA) is 116 Å². The molecule has 3 N–H and O–H groups in total. The molecule has 118 valence electrons. The van der Waals surface area contributed by atoms with E-state index in [0.717, 1.165) is 4.90 Å². The summed E-state index contributed by atoms with van der Waals surface area (Å²) in [5.41, 5.74) is -2.47. The zero-order valence-electron chi connectivity index (χ0n) is 12.6. The van der Waals surface area contributed by atoms with E-state index in [9.17, 15) is 24.3 Å². The molecule has 0 aliphatic carbocycles. The average Bonchev–Trinajstić information content (AvgIpc) is 2.51. The number of urea groups is 1. The van der Waals surface area contributed by atoms with Crippen molar-refractivity contribution in [2.45, 2.75) is 51.6 Å². The van der Waals surface area contributed by atoms with Gasteiger partial charge in [0.15, 0.2) is 0 Å². The third kappa shape index (κ3) is 3.50. The maximum absolute atomic E-state index is 11.9. The maximum atomic E-state index is 11.9. The summed E-state index contributed by atoms with van der Waals surface area (Å²) in [6.45, 7) is 5.76. The number of carbonyl (C=O) groups excluding carboxylic acids is 3. The second-order valence-corrected chi connectivity index (χ2v) is 5.88. The van der Waals surface area contributed by atoms with Gasteiger partial charge in [0.2, 0.25) is 5.91 Å². The van der Waals surface area contributed by atoms with Crippen LogP contribution in [0.25, 0.3) is 0 Å². The van der Waals surface area contributed by atoms with Crippen LogP contribution in [0, 0.1) is 0 Å². The SMILES string of the molecule is CCCC(C)(NC(=O)CN1C(=O)NC(C)(C)C1=O)C(=O)O. The zero-order chi connectivity index (χ0) is 16.4. The Bertz CT molecular complexity index is 488. The van der Waals surface area contributed by atoms with Crippen LogP contribution in [-0.2, 0) is 14.4 Å². The van der Waals surface area contributed by atoms with Crippen LogP contribution in [0.3, 0.4) is 0 Å². The van der Waals surface area contributed by atoms with Crippen LogP contribution in [-0.4, -0.2) is 51.4 Å². The van der Waals surface area contributed by atoms with Crippen LogP contribution in [0.15, 0.2) is 0 Å². The quantitative estimate of drug-likeness (QED) is 0.600. The summed E-state index contributed by atoms with van der Waals surface area (Å²) in [7, 11) is 0. The molecule has 0 aromatic carbocycles. The highest BCUT2D eigenvalue weighted by atomic mass is 16.4. The molecule has 0 aromatic heterocycles. The van der Waals surface area contributed by atoms with Crippen molar-refractivity contribution in [1.29, 1.82) is 0 Å². The Hall–Kier alpha value is -2.12. The van der Waals surface area contributed by atoms with E-state index in [1.54, 1.807) is 6.92 Å². The summed E-state index contributed by atoms with van der Waals surface area (Å²) in [5, 5.41) is 14.0. The number of nitrogens with zero attached hydrogens (tertiary/aromatic N) is 1. The van der Waals surface area contributed by atoms with Gasteiger partial charge in [-0.25, -0.2) is 9.59 Å². The van der Waals surface area contributed by atoms with Crippen LogP contribution < -0.4 is 10.6 Å². The molecule has 1 rings (SSSR count). The first kappa shape index (κ1) is 16.9. The van der Waals surface area contributed by atoms with E-state index in [4.69, 9.17) is 0 Å². The molecule has 1 heterocycles. The lowest BCUT2D eigenvalue weighted by molar-refractivity contribution is -0.147. The van der Waals surface area contributed by atoms with Crippen LogP contribution in [0.2, 0.25) is 0 Å². The number of aliphatic carboxylic acids is 1. The Morgan fingerprint density at radius 3 is 2.33 bits per heavy atom. The van der Waals surface area contributed by atoms with Gasteiger partial charge in [-0.3, -0.25) is 14.5 Å². The predicted molar refractivity (Wildman–Crippen MR) is 73.4 cm³/mol. The largest absolute Gasteiger partial charge is 0.480 e. The third-order valence-corrected chi connectivity index (χ3v) is 3.38. The van der Waals surface area contributed by atoms with Gasteiger partial charge in [0.1, 0.15) is 17.6 Å². The van der Waals surface area contributed by atoms with E-state index >= 15 is 0 Å². The van der Waals surface area contributed by atoms with Crippen molar-refractivity contribution in [1.82, 2.24) is 15.5 Å². The lowest BCUT2D eigenvalue weighted by Crippen LogP contribution is -2.55. The van der Waals surface area contributed by atoms with Crippen LogP contribution >= 0.6 is 0 Å². The van der Waals surface area contributed by atoms with Crippen molar-refractivity contribution in [2.24, 2.45) is 0 Å². The van der Waals surface area contributed by atoms with Gasteiger partial charge in [0.25, 0.3) is 5.91 Å². The molecule has 21 heavy (non-hydrogen) atoms. The molecule has 0 aromatic rings. The summed E-state index contributed by atoms with van der Waals surface area (Å²) in [4.78, 5) is 47.6. The first-order chi connectivity index (χ1) is 9.53. The second kappa shape index (κ2) is 5.71. The number of imide groups is 1. The first-order valence-corrected chi connectivity index (χ1v) is 6.72. The van der Waals surface area contributed by atoms with E-state index in [-0.39, 0.29) is 6.42 Å². The molecule has 8 nitrogen and oxygen atoms in total. The Balaban J connectivity index is 2.76. The van der Waals surface area contributed by atoms with E-state index in [1.807, 2.05) is 0 Å². The van der Waals surface area contributed by atoms with Gasteiger partial charge in [-0.05, 0) is 27.2 Å². The number of carbonyl (C=O) groups is 4. The Morgan fingerprint density at radius 1 is 1.38 bits per heavy atom. The monoisotopic (exact) mass is 299 g/mol. The number of amides is 4. The lowest BCUT2D eigenvalue weighted by Gasteiger charge is -2.26. The van der Waals surface area contributed by atoms with Gasteiger partial charge in [0.05, 0.1) is 0 Å². The van der Waals surface area contributed by atoms with Crippen LogP contribution in [0.4, 0.5) is 4.79 Å². The number of carboxylic acid groups (broad SMARTS) is 1. The molecule has 1 aliphatic heterocycles. The molecule has 0 bridgehead atoms. The van der Waals surface area contributed by atoms with Gasteiger partial charge in [-0.2, -0.15) is 0 Å². The Kier molecular flexibility index (Phi) is 4.60. The van der Waals surface area contributed by atoms with Gasteiger partial charge < -0.3 is 15.7 Å². The van der Waals surface area contributed by atoms with Gasteiger partial charge in [-0.1, -0.05) is 13.3 Å². The van der Waals surface area contributed by atoms with Crippen molar-refractivity contribution < 1.29 is 24.3 Å². The normalized spacial score (nSPS) is 19.9. The smallest absolute Gasteiger partial charge is 0.329 e. The molecular formula is C13H21N3O5. The van der Waals surface area contributed by atoms with Gasteiger partial charge in [-0.15, -0.1) is 0 Å². The van der Waals surface area contributed by atoms with Crippen molar-refractivity contribution >= 4 is 23.8 Å².